The van der Waals surface area contributed by atoms with Crippen LogP contribution in [0.2, 0.25) is 0 Å². The number of allylic oxidation sites excluding steroid dienone is 1. The predicted molar refractivity (Wildman–Crippen MR) is 85.5 cm³/mol. The van der Waals surface area contributed by atoms with E-state index in [0.717, 1.165) is 6.29 Å². The number of nitro benzene ring substituents is 1. The van der Waals surface area contributed by atoms with Crippen molar-refractivity contribution < 1.29 is 24.4 Å². The Morgan fingerprint density at radius 1 is 1.42 bits per heavy atom. The molecule has 0 unspecified atom stereocenters. The Hall–Kier alpha value is -2.70. The second-order valence-corrected chi connectivity index (χ2v) is 5.80. The highest BCUT2D eigenvalue weighted by atomic mass is 16.6. The van der Waals surface area contributed by atoms with Crippen LogP contribution in [0.25, 0.3) is 0 Å². The van der Waals surface area contributed by atoms with Gasteiger partial charge in [0.1, 0.15) is 12.0 Å². The minimum Gasteiger partial charge on any atom is -0.512 e. The van der Waals surface area contributed by atoms with Gasteiger partial charge in [-0.2, -0.15) is 0 Å². The van der Waals surface area contributed by atoms with Crippen LogP contribution in [0.1, 0.15) is 31.7 Å². The molecule has 0 aromatic heterocycles. The molecule has 0 fully saturated rings. The molecule has 1 N–H and O–H groups in total. The number of non-ortho nitro benzene ring substituents is 1. The zero-order valence-corrected chi connectivity index (χ0v) is 13.5. The fourth-order valence-corrected chi connectivity index (χ4v) is 3.11. The third-order valence-electron chi connectivity index (χ3n) is 4.29. The van der Waals surface area contributed by atoms with Crippen molar-refractivity contribution in [1.29, 1.82) is 0 Å². The predicted octanol–water partition coefficient (Wildman–Crippen LogP) is 2.91. The zero-order chi connectivity index (χ0) is 17.9. The van der Waals surface area contributed by atoms with E-state index in [2.05, 4.69) is 0 Å². The number of aldehydes is 1. The maximum absolute atomic E-state index is 12.3. The van der Waals surface area contributed by atoms with E-state index in [9.17, 15) is 24.8 Å². The molecule has 3 atom stereocenters. The first-order valence-corrected chi connectivity index (χ1v) is 7.69. The molecule has 128 valence electrons. The monoisotopic (exact) mass is 333 g/mol. The number of ether oxygens (including phenoxy) is 1. The summed E-state index contributed by atoms with van der Waals surface area (Å²) in [6.45, 7) is 3.61. The Morgan fingerprint density at radius 3 is 2.54 bits per heavy atom. The van der Waals surface area contributed by atoms with Gasteiger partial charge in [0.25, 0.3) is 5.69 Å². The summed E-state index contributed by atoms with van der Waals surface area (Å²) in [4.78, 5) is 34.1. The highest BCUT2D eigenvalue weighted by Crippen LogP contribution is 2.44. The minimum atomic E-state index is -0.689. The van der Waals surface area contributed by atoms with Gasteiger partial charge >= 0.3 is 5.97 Å². The molecule has 7 nitrogen and oxygen atoms in total. The second kappa shape index (κ2) is 7.25. The molecule has 1 aliphatic carbocycles. The molecular weight excluding hydrogens is 314 g/mol. The lowest BCUT2D eigenvalue weighted by Gasteiger charge is -2.34. The Balaban J connectivity index is 2.53. The van der Waals surface area contributed by atoms with Crippen molar-refractivity contribution in [2.75, 3.05) is 6.61 Å². The number of carbonyl (C=O) groups is 2. The van der Waals surface area contributed by atoms with Crippen molar-refractivity contribution in [3.8, 4) is 0 Å². The van der Waals surface area contributed by atoms with Crippen molar-refractivity contribution >= 4 is 17.9 Å². The van der Waals surface area contributed by atoms with Crippen LogP contribution in [0.5, 0.6) is 0 Å². The van der Waals surface area contributed by atoms with E-state index in [1.54, 1.807) is 6.92 Å². The van der Waals surface area contributed by atoms with Gasteiger partial charge in [0.15, 0.2) is 0 Å². The largest absolute Gasteiger partial charge is 0.512 e. The average molecular weight is 333 g/mol. The van der Waals surface area contributed by atoms with Crippen molar-refractivity contribution in [2.45, 2.75) is 26.2 Å². The Labute approximate surface area is 139 Å². The molecule has 1 aromatic carbocycles. The number of carbonyl (C=O) groups excluding carboxylic acids is 2. The summed E-state index contributed by atoms with van der Waals surface area (Å²) in [7, 11) is 0. The number of hydrogen-bond acceptors (Lipinski definition) is 6. The first kappa shape index (κ1) is 17.7. The molecular formula is C17H19NO6. The van der Waals surface area contributed by atoms with Crippen molar-refractivity contribution in [1.82, 2.24) is 0 Å². The smallest absolute Gasteiger partial charge is 0.338 e. The summed E-state index contributed by atoms with van der Waals surface area (Å²) < 4.78 is 5.01. The Morgan fingerprint density at radius 2 is 2.04 bits per heavy atom. The summed E-state index contributed by atoms with van der Waals surface area (Å²) >= 11 is 0. The minimum absolute atomic E-state index is 0.0564. The van der Waals surface area contributed by atoms with Gasteiger partial charge in [-0.15, -0.1) is 0 Å². The lowest BCUT2D eigenvalue weighted by Crippen LogP contribution is -2.32. The van der Waals surface area contributed by atoms with Crippen molar-refractivity contribution in [3.05, 3.63) is 51.3 Å². The van der Waals surface area contributed by atoms with Gasteiger partial charge in [-0.25, -0.2) is 4.79 Å². The Bertz CT molecular complexity index is 679. The van der Waals surface area contributed by atoms with Gasteiger partial charge in [-0.1, -0.05) is 19.1 Å². The SMILES string of the molecule is CCOC(=O)C1=C(O)C[C@H](C)[C@H](C=O)[C@H]1c1ccc([N+](=O)[O-])cc1. The van der Waals surface area contributed by atoms with Gasteiger partial charge in [-0.05, 0) is 18.4 Å². The molecule has 7 heteroatoms. The van der Waals surface area contributed by atoms with Crippen molar-refractivity contribution in [2.24, 2.45) is 11.8 Å². The summed E-state index contributed by atoms with van der Waals surface area (Å²) in [6, 6.07) is 5.64. The van der Waals surface area contributed by atoms with Crippen LogP contribution >= 0.6 is 0 Å². The van der Waals surface area contributed by atoms with Gasteiger partial charge < -0.3 is 14.6 Å². The quantitative estimate of drug-likeness (QED) is 0.384. The number of rotatable bonds is 5. The molecule has 0 spiro atoms. The lowest BCUT2D eigenvalue weighted by molar-refractivity contribution is -0.384. The van der Waals surface area contributed by atoms with E-state index >= 15 is 0 Å². The molecule has 1 aromatic rings. The number of benzene rings is 1. The molecule has 0 saturated heterocycles. The molecule has 0 aliphatic heterocycles. The van der Waals surface area contributed by atoms with Gasteiger partial charge in [-0.3, -0.25) is 10.1 Å². The third kappa shape index (κ3) is 3.29. The van der Waals surface area contributed by atoms with Crippen LogP contribution in [0, 0.1) is 22.0 Å². The van der Waals surface area contributed by atoms with E-state index < -0.39 is 22.7 Å². The highest BCUT2D eigenvalue weighted by Gasteiger charge is 2.41. The normalized spacial score (nSPS) is 23.7. The molecule has 0 heterocycles. The van der Waals surface area contributed by atoms with Crippen LogP contribution < -0.4 is 0 Å². The summed E-state index contributed by atoms with van der Waals surface area (Å²) in [5.74, 6) is -2.15. The number of hydrogen-bond donors (Lipinski definition) is 1. The van der Waals surface area contributed by atoms with Gasteiger partial charge in [0.05, 0.1) is 17.1 Å². The number of aliphatic hydroxyl groups excluding tert-OH is 1. The number of nitro groups is 1. The lowest BCUT2D eigenvalue weighted by atomic mass is 9.69. The van der Waals surface area contributed by atoms with Gasteiger partial charge in [0, 0.05) is 30.4 Å². The van der Waals surface area contributed by atoms with E-state index in [-0.39, 0.29) is 36.0 Å². The van der Waals surface area contributed by atoms with Gasteiger partial charge in [0.2, 0.25) is 0 Å². The Kier molecular flexibility index (Phi) is 5.33. The summed E-state index contributed by atoms with van der Waals surface area (Å²) in [5, 5.41) is 21.1. The van der Waals surface area contributed by atoms with Crippen LogP contribution in [-0.2, 0) is 14.3 Å². The number of esters is 1. The van der Waals surface area contributed by atoms with E-state index in [1.807, 2.05) is 6.92 Å². The molecule has 0 amide bonds. The fraction of sp³-hybridized carbons (Fsp3) is 0.412. The van der Waals surface area contributed by atoms with E-state index in [1.165, 1.54) is 24.3 Å². The molecule has 2 rings (SSSR count). The zero-order valence-electron chi connectivity index (χ0n) is 13.5. The standard InChI is InChI=1S/C17H19NO6/c1-3-24-17(21)16-14(20)8-10(2)13(9-19)15(16)11-4-6-12(7-5-11)18(22)23/h4-7,9-10,13,15,20H,3,8H2,1-2H3/t10-,13-,15+/m0/s1. The van der Waals surface area contributed by atoms with Crippen molar-refractivity contribution in [3.63, 3.8) is 0 Å². The van der Waals surface area contributed by atoms with Crippen LogP contribution in [-0.4, -0.2) is 28.9 Å². The molecule has 24 heavy (non-hydrogen) atoms. The topological polar surface area (TPSA) is 107 Å². The van der Waals surface area contributed by atoms with E-state index in [4.69, 9.17) is 4.74 Å². The number of nitrogens with zero attached hydrogens (tertiary/aromatic N) is 1. The fourth-order valence-electron chi connectivity index (χ4n) is 3.11. The molecule has 0 saturated carbocycles. The van der Waals surface area contributed by atoms with E-state index in [0.29, 0.717) is 5.56 Å². The first-order chi connectivity index (χ1) is 11.4. The highest BCUT2D eigenvalue weighted by molar-refractivity contribution is 5.92. The summed E-state index contributed by atoms with van der Waals surface area (Å²) in [6.07, 6.45) is 0.976. The molecule has 1 aliphatic rings. The maximum atomic E-state index is 12.3. The molecule has 0 radical (unpaired) electrons. The maximum Gasteiger partial charge on any atom is 0.338 e. The second-order valence-electron chi connectivity index (χ2n) is 5.80. The third-order valence-corrected chi connectivity index (χ3v) is 4.29. The molecule has 0 bridgehead atoms. The van der Waals surface area contributed by atoms with Crippen LogP contribution in [0.15, 0.2) is 35.6 Å². The number of aliphatic hydroxyl groups is 1. The first-order valence-electron chi connectivity index (χ1n) is 7.69. The summed E-state index contributed by atoms with van der Waals surface area (Å²) in [5.41, 5.74) is 0.524. The van der Waals surface area contributed by atoms with Crippen LogP contribution in [0.4, 0.5) is 5.69 Å². The average Bonchev–Trinajstić information content (AvgIpc) is 2.54. The van der Waals surface area contributed by atoms with Crippen LogP contribution in [0.3, 0.4) is 0 Å².